The lowest BCUT2D eigenvalue weighted by atomic mass is 9.96. The predicted octanol–water partition coefficient (Wildman–Crippen LogP) is 1.40. The summed E-state index contributed by atoms with van der Waals surface area (Å²) >= 11 is 0. The standard InChI is InChI=1S/C15H21N5O2S/c1-11-7-16-8-14(17-11)13-5-4-6-20(9-13)23(21,22)15-10-19(3)18-12(15)2/h7-8,10,13H,4-6,9H2,1-3H3/t13-/m0/s1. The van der Waals surface area contributed by atoms with Crippen LogP contribution in [0.4, 0.5) is 0 Å². The zero-order valence-electron chi connectivity index (χ0n) is 13.6. The Kier molecular flexibility index (Phi) is 4.20. The molecular formula is C15H21N5O2S. The van der Waals surface area contributed by atoms with Crippen molar-refractivity contribution in [1.29, 1.82) is 0 Å². The minimum atomic E-state index is -3.52. The van der Waals surface area contributed by atoms with Crippen LogP contribution in [0.5, 0.6) is 0 Å². The van der Waals surface area contributed by atoms with Gasteiger partial charge in [0, 0.05) is 44.6 Å². The maximum Gasteiger partial charge on any atom is 0.246 e. The lowest BCUT2D eigenvalue weighted by Gasteiger charge is -2.31. The summed E-state index contributed by atoms with van der Waals surface area (Å²) in [5.41, 5.74) is 2.25. The normalized spacial score (nSPS) is 19.9. The highest BCUT2D eigenvalue weighted by molar-refractivity contribution is 7.89. The topological polar surface area (TPSA) is 81.0 Å². The van der Waals surface area contributed by atoms with E-state index in [-0.39, 0.29) is 10.8 Å². The first-order valence-corrected chi connectivity index (χ1v) is 9.11. The van der Waals surface area contributed by atoms with Crippen molar-refractivity contribution in [3.8, 4) is 0 Å². The molecule has 2 aromatic heterocycles. The number of piperidine rings is 1. The molecule has 124 valence electrons. The van der Waals surface area contributed by atoms with Crippen molar-refractivity contribution in [2.24, 2.45) is 7.05 Å². The third kappa shape index (κ3) is 3.13. The van der Waals surface area contributed by atoms with Gasteiger partial charge in [-0.25, -0.2) is 8.42 Å². The van der Waals surface area contributed by atoms with Gasteiger partial charge in [0.1, 0.15) is 4.90 Å². The van der Waals surface area contributed by atoms with E-state index >= 15 is 0 Å². The van der Waals surface area contributed by atoms with E-state index in [1.54, 1.807) is 36.9 Å². The van der Waals surface area contributed by atoms with Crippen LogP contribution in [0.1, 0.15) is 35.8 Å². The summed E-state index contributed by atoms with van der Waals surface area (Å²) in [7, 11) is -1.79. The lowest BCUT2D eigenvalue weighted by molar-refractivity contribution is 0.312. The van der Waals surface area contributed by atoms with Gasteiger partial charge in [-0.05, 0) is 26.7 Å². The number of hydrogen-bond acceptors (Lipinski definition) is 5. The van der Waals surface area contributed by atoms with E-state index in [2.05, 4.69) is 15.1 Å². The third-order valence-electron chi connectivity index (χ3n) is 4.16. The first kappa shape index (κ1) is 16.1. The molecule has 0 bridgehead atoms. The van der Waals surface area contributed by atoms with E-state index in [1.807, 2.05) is 6.92 Å². The van der Waals surface area contributed by atoms with Crippen LogP contribution >= 0.6 is 0 Å². The van der Waals surface area contributed by atoms with Gasteiger partial charge in [0.2, 0.25) is 10.0 Å². The van der Waals surface area contributed by atoms with Crippen LogP contribution in [0.25, 0.3) is 0 Å². The second-order valence-corrected chi connectivity index (χ2v) is 7.95. The maximum atomic E-state index is 12.9. The van der Waals surface area contributed by atoms with Gasteiger partial charge in [-0.3, -0.25) is 14.6 Å². The fourth-order valence-electron chi connectivity index (χ4n) is 3.05. The summed E-state index contributed by atoms with van der Waals surface area (Å²) in [4.78, 5) is 8.97. The second kappa shape index (κ2) is 6.01. The van der Waals surface area contributed by atoms with Crippen LogP contribution < -0.4 is 0 Å². The van der Waals surface area contributed by atoms with E-state index < -0.39 is 10.0 Å². The zero-order valence-corrected chi connectivity index (χ0v) is 14.4. The van der Waals surface area contributed by atoms with Gasteiger partial charge in [-0.2, -0.15) is 9.40 Å². The van der Waals surface area contributed by atoms with E-state index in [1.165, 1.54) is 4.68 Å². The zero-order chi connectivity index (χ0) is 16.6. The molecule has 0 aliphatic carbocycles. The van der Waals surface area contributed by atoms with Crippen LogP contribution in [0.2, 0.25) is 0 Å². The number of aryl methyl sites for hydroxylation is 3. The molecule has 1 saturated heterocycles. The molecular weight excluding hydrogens is 314 g/mol. The van der Waals surface area contributed by atoms with Crippen molar-refractivity contribution in [2.45, 2.75) is 37.5 Å². The van der Waals surface area contributed by atoms with Crippen molar-refractivity contribution in [1.82, 2.24) is 24.1 Å². The summed E-state index contributed by atoms with van der Waals surface area (Å²) in [6, 6.07) is 0. The maximum absolute atomic E-state index is 12.9. The number of aromatic nitrogens is 4. The summed E-state index contributed by atoms with van der Waals surface area (Å²) in [5, 5.41) is 4.15. The molecule has 0 unspecified atom stereocenters. The fraction of sp³-hybridized carbons (Fsp3) is 0.533. The fourth-order valence-corrected chi connectivity index (χ4v) is 4.78. The SMILES string of the molecule is Cc1cncc([C@H]2CCCN(S(=O)(=O)c3cn(C)nc3C)C2)n1. The molecule has 1 aliphatic heterocycles. The van der Waals surface area contributed by atoms with Crippen molar-refractivity contribution in [3.63, 3.8) is 0 Å². The molecule has 23 heavy (non-hydrogen) atoms. The van der Waals surface area contributed by atoms with Crippen LogP contribution in [0, 0.1) is 13.8 Å². The Labute approximate surface area is 136 Å². The smallest absolute Gasteiger partial charge is 0.246 e. The molecule has 2 aromatic rings. The van der Waals surface area contributed by atoms with Gasteiger partial charge in [-0.15, -0.1) is 0 Å². The average molecular weight is 335 g/mol. The second-order valence-electron chi connectivity index (χ2n) is 6.04. The summed E-state index contributed by atoms with van der Waals surface area (Å²) < 4.78 is 28.9. The first-order valence-electron chi connectivity index (χ1n) is 7.67. The molecule has 1 atom stereocenters. The van der Waals surface area contributed by atoms with Gasteiger partial charge in [0.25, 0.3) is 0 Å². The summed E-state index contributed by atoms with van der Waals surface area (Å²) in [6.45, 7) is 4.59. The van der Waals surface area contributed by atoms with Gasteiger partial charge >= 0.3 is 0 Å². The Morgan fingerprint density at radius 2 is 2.04 bits per heavy atom. The monoisotopic (exact) mass is 335 g/mol. The average Bonchev–Trinajstić information content (AvgIpc) is 2.87. The van der Waals surface area contributed by atoms with Crippen molar-refractivity contribution < 1.29 is 8.42 Å². The van der Waals surface area contributed by atoms with Gasteiger partial charge in [0.15, 0.2) is 0 Å². The van der Waals surface area contributed by atoms with Crippen LogP contribution in [0.3, 0.4) is 0 Å². The lowest BCUT2D eigenvalue weighted by Crippen LogP contribution is -2.39. The highest BCUT2D eigenvalue weighted by Crippen LogP contribution is 2.29. The van der Waals surface area contributed by atoms with Gasteiger partial charge in [0.05, 0.1) is 17.1 Å². The quantitative estimate of drug-likeness (QED) is 0.847. The Hall–Kier alpha value is -1.80. The van der Waals surface area contributed by atoms with Gasteiger partial charge in [-0.1, -0.05) is 0 Å². The highest BCUT2D eigenvalue weighted by atomic mass is 32.2. The minimum absolute atomic E-state index is 0.0860. The molecule has 0 amide bonds. The van der Waals surface area contributed by atoms with Crippen LogP contribution in [0.15, 0.2) is 23.5 Å². The van der Waals surface area contributed by atoms with Crippen LogP contribution in [-0.4, -0.2) is 45.6 Å². The molecule has 1 aliphatic rings. The number of sulfonamides is 1. The molecule has 1 fully saturated rings. The molecule has 3 rings (SSSR count). The molecule has 0 aromatic carbocycles. The predicted molar refractivity (Wildman–Crippen MR) is 85.4 cm³/mol. The molecule has 0 spiro atoms. The largest absolute Gasteiger partial charge is 0.274 e. The van der Waals surface area contributed by atoms with E-state index in [4.69, 9.17) is 0 Å². The number of nitrogens with zero attached hydrogens (tertiary/aromatic N) is 5. The Balaban J connectivity index is 1.87. The number of hydrogen-bond donors (Lipinski definition) is 0. The molecule has 0 N–H and O–H groups in total. The molecule has 0 saturated carbocycles. The molecule has 3 heterocycles. The van der Waals surface area contributed by atoms with Crippen LogP contribution in [-0.2, 0) is 17.1 Å². The van der Waals surface area contributed by atoms with Crippen molar-refractivity contribution >= 4 is 10.0 Å². The van der Waals surface area contributed by atoms with Gasteiger partial charge < -0.3 is 0 Å². The molecule has 0 radical (unpaired) electrons. The Morgan fingerprint density at radius 1 is 1.26 bits per heavy atom. The highest BCUT2D eigenvalue weighted by Gasteiger charge is 2.33. The van der Waals surface area contributed by atoms with Crippen molar-refractivity contribution in [3.05, 3.63) is 35.7 Å². The minimum Gasteiger partial charge on any atom is -0.274 e. The molecule has 8 heteroatoms. The van der Waals surface area contributed by atoms with Crippen molar-refractivity contribution in [2.75, 3.05) is 13.1 Å². The van der Waals surface area contributed by atoms with E-state index in [9.17, 15) is 8.42 Å². The third-order valence-corrected chi connectivity index (χ3v) is 6.13. The Morgan fingerprint density at radius 3 is 2.70 bits per heavy atom. The number of rotatable bonds is 3. The summed E-state index contributed by atoms with van der Waals surface area (Å²) in [5.74, 6) is 0.0860. The first-order chi connectivity index (χ1) is 10.9. The summed E-state index contributed by atoms with van der Waals surface area (Å²) in [6.07, 6.45) is 6.76. The van der Waals surface area contributed by atoms with E-state index in [0.717, 1.165) is 24.2 Å². The molecule has 7 nitrogen and oxygen atoms in total. The van der Waals surface area contributed by atoms with E-state index in [0.29, 0.717) is 18.8 Å². The Bertz CT molecular complexity index is 815.